The highest BCUT2D eigenvalue weighted by Crippen LogP contribution is 2.40. The number of hydrogen-bond donors (Lipinski definition) is 3. The van der Waals surface area contributed by atoms with Gasteiger partial charge in [0.25, 0.3) is 5.56 Å². The molecule has 2 aromatic carbocycles. The van der Waals surface area contributed by atoms with Crippen molar-refractivity contribution in [1.82, 2.24) is 4.98 Å². The lowest BCUT2D eigenvalue weighted by atomic mass is 9.98. The minimum Gasteiger partial charge on any atom is -0.507 e. The fourth-order valence-corrected chi connectivity index (χ4v) is 2.80. The number of aromatic amines is 1. The molecule has 4 nitrogen and oxygen atoms in total. The highest BCUT2D eigenvalue weighted by Gasteiger charge is 2.17. The first-order chi connectivity index (χ1) is 10.4. The maximum Gasteiger partial charge on any atom is 0.272 e. The van der Waals surface area contributed by atoms with Crippen LogP contribution < -0.4 is 11.3 Å². The lowest BCUT2D eigenvalue weighted by Gasteiger charge is -2.12. The summed E-state index contributed by atoms with van der Waals surface area (Å²) in [6, 6.07) is 7.62. The molecule has 0 saturated carbocycles. The number of pyridine rings is 1. The number of phenols is 1. The number of nitrogens with one attached hydrogen (secondary N) is 1. The SMILES string of the molecule is Nc1c(-c2cc(Cl)ccc2O)c2cc(Cl)c(Cl)cc2[nH]c1=O. The largest absolute Gasteiger partial charge is 0.507 e. The summed E-state index contributed by atoms with van der Waals surface area (Å²) in [7, 11) is 0. The molecule has 4 N–H and O–H groups in total. The second kappa shape index (κ2) is 5.39. The van der Waals surface area contributed by atoms with E-state index in [2.05, 4.69) is 4.98 Å². The van der Waals surface area contributed by atoms with Gasteiger partial charge in [0.05, 0.1) is 15.6 Å². The molecule has 0 unspecified atom stereocenters. The van der Waals surface area contributed by atoms with E-state index >= 15 is 0 Å². The van der Waals surface area contributed by atoms with Crippen LogP contribution in [0.4, 0.5) is 5.69 Å². The van der Waals surface area contributed by atoms with E-state index < -0.39 is 5.56 Å². The normalized spacial score (nSPS) is 11.0. The molecule has 0 radical (unpaired) electrons. The Hall–Kier alpha value is -1.88. The van der Waals surface area contributed by atoms with Gasteiger partial charge in [-0.2, -0.15) is 0 Å². The summed E-state index contributed by atoms with van der Waals surface area (Å²) in [6.45, 7) is 0. The standard InChI is InChI=1S/C15H9Cl3N2O2/c16-6-1-2-12(21)8(3-6)13-7-4-9(17)10(18)5-11(7)20-15(22)14(13)19/h1-5,21H,19H2,(H,20,22). The first-order valence-corrected chi connectivity index (χ1v) is 7.31. The number of aromatic nitrogens is 1. The van der Waals surface area contributed by atoms with E-state index in [0.717, 1.165) is 0 Å². The van der Waals surface area contributed by atoms with Gasteiger partial charge in [0.1, 0.15) is 11.4 Å². The average Bonchev–Trinajstić information content (AvgIpc) is 2.46. The minimum absolute atomic E-state index is 0.0385. The van der Waals surface area contributed by atoms with E-state index in [-0.39, 0.29) is 11.4 Å². The molecule has 3 aromatic rings. The lowest BCUT2D eigenvalue weighted by molar-refractivity contribution is 0.477. The van der Waals surface area contributed by atoms with Gasteiger partial charge in [-0.25, -0.2) is 0 Å². The number of benzene rings is 2. The van der Waals surface area contributed by atoms with Crippen molar-refractivity contribution in [1.29, 1.82) is 0 Å². The molecular weight excluding hydrogens is 347 g/mol. The molecule has 1 aromatic heterocycles. The second-order valence-corrected chi connectivity index (χ2v) is 5.97. The number of rotatable bonds is 1. The van der Waals surface area contributed by atoms with Gasteiger partial charge in [-0.05, 0) is 30.3 Å². The molecule has 0 amide bonds. The topological polar surface area (TPSA) is 79.1 Å². The zero-order valence-corrected chi connectivity index (χ0v) is 13.2. The van der Waals surface area contributed by atoms with Crippen molar-refractivity contribution in [2.24, 2.45) is 0 Å². The first kappa shape index (κ1) is 15.0. The monoisotopic (exact) mass is 354 g/mol. The highest BCUT2D eigenvalue weighted by atomic mass is 35.5. The quantitative estimate of drug-likeness (QED) is 0.603. The van der Waals surface area contributed by atoms with E-state index in [1.807, 2.05) is 0 Å². The number of H-pyrrole nitrogens is 1. The van der Waals surface area contributed by atoms with Crippen molar-refractivity contribution >= 4 is 51.4 Å². The van der Waals surface area contributed by atoms with Crippen molar-refractivity contribution in [3.05, 3.63) is 55.8 Å². The van der Waals surface area contributed by atoms with Crippen LogP contribution in [0.2, 0.25) is 15.1 Å². The average molecular weight is 356 g/mol. The molecule has 0 spiro atoms. The molecule has 1 heterocycles. The van der Waals surface area contributed by atoms with Crippen molar-refractivity contribution in [3.63, 3.8) is 0 Å². The molecule has 0 saturated heterocycles. The number of nitrogens with two attached hydrogens (primary N) is 1. The Kier molecular flexibility index (Phi) is 3.68. The number of phenolic OH excluding ortho intramolecular Hbond substituents is 1. The van der Waals surface area contributed by atoms with Gasteiger partial charge in [-0.15, -0.1) is 0 Å². The molecule has 22 heavy (non-hydrogen) atoms. The van der Waals surface area contributed by atoms with Gasteiger partial charge >= 0.3 is 0 Å². The summed E-state index contributed by atoms with van der Waals surface area (Å²) >= 11 is 18.0. The van der Waals surface area contributed by atoms with E-state index in [1.54, 1.807) is 6.07 Å². The highest BCUT2D eigenvalue weighted by molar-refractivity contribution is 6.43. The van der Waals surface area contributed by atoms with E-state index in [0.29, 0.717) is 37.1 Å². The molecule has 0 aliphatic rings. The predicted octanol–water partition coefficient (Wildman–Crippen LogP) is 4.44. The lowest BCUT2D eigenvalue weighted by Crippen LogP contribution is -2.13. The van der Waals surface area contributed by atoms with Crippen molar-refractivity contribution < 1.29 is 5.11 Å². The molecule has 112 valence electrons. The summed E-state index contributed by atoms with van der Waals surface area (Å²) in [5.74, 6) is -0.0472. The fourth-order valence-electron chi connectivity index (χ4n) is 2.30. The Bertz CT molecular complexity index is 967. The third-order valence-corrected chi connectivity index (χ3v) is 4.28. The molecule has 0 bridgehead atoms. The van der Waals surface area contributed by atoms with Gasteiger partial charge < -0.3 is 15.8 Å². The third-order valence-electron chi connectivity index (χ3n) is 3.32. The van der Waals surface area contributed by atoms with E-state index in [9.17, 15) is 9.90 Å². The molecule has 0 atom stereocenters. The van der Waals surface area contributed by atoms with Crippen molar-refractivity contribution in [2.75, 3.05) is 5.73 Å². The summed E-state index contributed by atoms with van der Waals surface area (Å²) < 4.78 is 0. The van der Waals surface area contributed by atoms with Gasteiger partial charge in [-0.3, -0.25) is 4.79 Å². The smallest absolute Gasteiger partial charge is 0.272 e. The number of halogens is 3. The van der Waals surface area contributed by atoms with Gasteiger partial charge in [-0.1, -0.05) is 34.8 Å². The summed E-state index contributed by atoms with van der Waals surface area (Å²) in [6.07, 6.45) is 0. The van der Waals surface area contributed by atoms with Crippen molar-refractivity contribution in [3.8, 4) is 16.9 Å². The number of anilines is 1. The minimum atomic E-state index is -0.486. The Balaban J connectivity index is 2.51. The van der Waals surface area contributed by atoms with Crippen molar-refractivity contribution in [2.45, 2.75) is 0 Å². The van der Waals surface area contributed by atoms with Crippen LogP contribution in [0.15, 0.2) is 35.1 Å². The van der Waals surface area contributed by atoms with Gasteiger partial charge in [0.2, 0.25) is 0 Å². The molecule has 0 aliphatic carbocycles. The van der Waals surface area contributed by atoms with Crippen LogP contribution in [0, 0.1) is 0 Å². The Morgan fingerprint density at radius 2 is 1.73 bits per heavy atom. The molecule has 7 heteroatoms. The molecule has 0 fully saturated rings. The summed E-state index contributed by atoms with van der Waals surface area (Å²) in [4.78, 5) is 14.7. The maximum atomic E-state index is 12.0. The number of hydrogen-bond acceptors (Lipinski definition) is 3. The van der Waals surface area contributed by atoms with E-state index in [4.69, 9.17) is 40.5 Å². The van der Waals surface area contributed by atoms with E-state index in [1.165, 1.54) is 24.3 Å². The Morgan fingerprint density at radius 1 is 1.05 bits per heavy atom. The summed E-state index contributed by atoms with van der Waals surface area (Å²) in [5.41, 5.74) is 6.56. The fraction of sp³-hybridized carbons (Fsp3) is 0. The van der Waals surface area contributed by atoms with Crippen LogP contribution in [-0.2, 0) is 0 Å². The maximum absolute atomic E-state index is 12.0. The molecule has 3 rings (SSSR count). The van der Waals surface area contributed by atoms with Crippen LogP contribution in [0.3, 0.4) is 0 Å². The predicted molar refractivity (Wildman–Crippen MR) is 91.1 cm³/mol. The number of aromatic hydroxyl groups is 1. The second-order valence-electron chi connectivity index (χ2n) is 4.72. The number of nitrogen functional groups attached to an aromatic ring is 1. The third kappa shape index (κ3) is 2.39. The molecule has 0 aliphatic heterocycles. The van der Waals surface area contributed by atoms with Gasteiger partial charge in [0, 0.05) is 21.5 Å². The Labute approximate surface area is 140 Å². The zero-order chi connectivity index (χ0) is 16.0. The zero-order valence-electron chi connectivity index (χ0n) is 11.0. The van der Waals surface area contributed by atoms with Crippen LogP contribution in [0.25, 0.3) is 22.0 Å². The summed E-state index contributed by atoms with van der Waals surface area (Å²) in [5, 5.41) is 11.7. The van der Waals surface area contributed by atoms with Crippen LogP contribution >= 0.6 is 34.8 Å². The molecular formula is C15H9Cl3N2O2. The Morgan fingerprint density at radius 3 is 2.45 bits per heavy atom. The number of fused-ring (bicyclic) bond motifs is 1. The first-order valence-electron chi connectivity index (χ1n) is 6.18. The van der Waals surface area contributed by atoms with Crippen LogP contribution in [-0.4, -0.2) is 10.1 Å². The van der Waals surface area contributed by atoms with Crippen LogP contribution in [0.1, 0.15) is 0 Å². The van der Waals surface area contributed by atoms with Gasteiger partial charge in [0.15, 0.2) is 0 Å². The van der Waals surface area contributed by atoms with Crippen LogP contribution in [0.5, 0.6) is 5.75 Å².